The van der Waals surface area contributed by atoms with Gasteiger partial charge in [0.2, 0.25) is 0 Å². The van der Waals surface area contributed by atoms with Crippen LogP contribution < -0.4 is 15.4 Å². The summed E-state index contributed by atoms with van der Waals surface area (Å²) < 4.78 is 5.51. The average Bonchev–Trinajstić information content (AvgIpc) is 2.47. The molecule has 0 aliphatic rings. The zero-order chi connectivity index (χ0) is 15.5. The third kappa shape index (κ3) is 6.84. The van der Waals surface area contributed by atoms with E-state index in [1.165, 1.54) is 0 Å². The molecule has 21 heavy (non-hydrogen) atoms. The van der Waals surface area contributed by atoms with Crippen LogP contribution in [0.1, 0.15) is 12.6 Å². The number of thioether (sulfide) groups is 1. The molecular weight excluding hydrogens is 292 g/mol. The first kappa shape index (κ1) is 17.1. The Kier molecular flexibility index (Phi) is 8.03. The summed E-state index contributed by atoms with van der Waals surface area (Å²) in [5.74, 6) is 2.75. The van der Waals surface area contributed by atoms with Gasteiger partial charge in [0.1, 0.15) is 5.75 Å². The predicted molar refractivity (Wildman–Crippen MR) is 83.7 cm³/mol. The van der Waals surface area contributed by atoms with Crippen molar-refractivity contribution in [2.45, 2.75) is 12.7 Å². The maximum atomic E-state index is 10.4. The van der Waals surface area contributed by atoms with E-state index in [-0.39, 0.29) is 0 Å². The number of rotatable bonds is 10. The molecule has 0 unspecified atom stereocenters. The molecule has 116 valence electrons. The van der Waals surface area contributed by atoms with Crippen molar-refractivity contribution < 1.29 is 9.66 Å². The monoisotopic (exact) mass is 312 g/mol. The minimum atomic E-state index is -0.492. The fraction of sp³-hybridized carbons (Fsp3) is 0.462. The standard InChI is InChI=1S/C13H20N4O3S/c1-3-20-12-5-4-6-15-11(12)10-21-8-7-16-13(14-2)9-17(18)19/h4-6,9,14,16H,3,7-8,10H2,1-2H3/b13-9+. The van der Waals surface area contributed by atoms with Gasteiger partial charge >= 0.3 is 0 Å². The highest BCUT2D eigenvalue weighted by Gasteiger charge is 2.04. The maximum Gasteiger partial charge on any atom is 0.274 e. The number of ether oxygens (including phenoxy) is 1. The van der Waals surface area contributed by atoms with Gasteiger partial charge in [-0.05, 0) is 19.1 Å². The first-order valence-electron chi connectivity index (χ1n) is 6.58. The lowest BCUT2D eigenvalue weighted by Gasteiger charge is -2.09. The average molecular weight is 312 g/mol. The zero-order valence-corrected chi connectivity index (χ0v) is 13.0. The molecule has 0 fully saturated rings. The van der Waals surface area contributed by atoms with E-state index in [9.17, 15) is 10.1 Å². The summed E-state index contributed by atoms with van der Waals surface area (Å²) in [6.07, 6.45) is 2.66. The highest BCUT2D eigenvalue weighted by atomic mass is 32.2. The highest BCUT2D eigenvalue weighted by Crippen LogP contribution is 2.20. The molecule has 1 rings (SSSR count). The minimum absolute atomic E-state index is 0.397. The van der Waals surface area contributed by atoms with Crippen LogP contribution in [0, 0.1) is 10.1 Å². The van der Waals surface area contributed by atoms with Crippen molar-refractivity contribution in [1.29, 1.82) is 0 Å². The molecule has 0 spiro atoms. The van der Waals surface area contributed by atoms with E-state index in [0.717, 1.165) is 29.1 Å². The molecule has 0 saturated carbocycles. The summed E-state index contributed by atoms with van der Waals surface area (Å²) in [6, 6.07) is 3.76. The Balaban J connectivity index is 2.33. The van der Waals surface area contributed by atoms with Crippen LogP contribution >= 0.6 is 11.8 Å². The molecule has 0 aromatic carbocycles. The van der Waals surface area contributed by atoms with Gasteiger partial charge in [0.15, 0.2) is 5.82 Å². The molecule has 0 aliphatic heterocycles. The molecular formula is C13H20N4O3S. The summed E-state index contributed by atoms with van der Waals surface area (Å²) in [7, 11) is 1.64. The van der Waals surface area contributed by atoms with Crippen LogP contribution in [0.5, 0.6) is 5.75 Å². The van der Waals surface area contributed by atoms with E-state index >= 15 is 0 Å². The number of nitrogens with one attached hydrogen (secondary N) is 2. The van der Waals surface area contributed by atoms with Gasteiger partial charge in [-0.15, -0.1) is 0 Å². The molecule has 0 bridgehead atoms. The molecule has 0 saturated heterocycles. The summed E-state index contributed by atoms with van der Waals surface area (Å²) in [4.78, 5) is 14.2. The number of nitrogens with zero attached hydrogens (tertiary/aromatic N) is 2. The molecule has 0 amide bonds. The third-order valence-corrected chi connectivity index (χ3v) is 3.42. The van der Waals surface area contributed by atoms with Crippen LogP contribution in [0.3, 0.4) is 0 Å². The highest BCUT2D eigenvalue weighted by molar-refractivity contribution is 7.98. The Morgan fingerprint density at radius 1 is 1.62 bits per heavy atom. The van der Waals surface area contributed by atoms with Gasteiger partial charge in [0.05, 0.1) is 17.2 Å². The number of pyridine rings is 1. The number of hydrogen-bond acceptors (Lipinski definition) is 7. The lowest BCUT2D eigenvalue weighted by atomic mass is 10.3. The van der Waals surface area contributed by atoms with Gasteiger partial charge in [-0.1, -0.05) is 0 Å². The normalized spacial score (nSPS) is 11.0. The van der Waals surface area contributed by atoms with Crippen LogP contribution in [0.15, 0.2) is 30.4 Å². The van der Waals surface area contributed by atoms with Gasteiger partial charge in [0.25, 0.3) is 6.20 Å². The Morgan fingerprint density at radius 3 is 3.10 bits per heavy atom. The maximum absolute atomic E-state index is 10.4. The molecule has 1 heterocycles. The van der Waals surface area contributed by atoms with Crippen molar-refractivity contribution >= 4 is 11.8 Å². The lowest BCUT2D eigenvalue weighted by molar-refractivity contribution is -0.404. The number of aromatic nitrogens is 1. The van der Waals surface area contributed by atoms with E-state index in [2.05, 4.69) is 15.6 Å². The second-order valence-corrected chi connectivity index (χ2v) is 5.04. The van der Waals surface area contributed by atoms with Gasteiger partial charge in [-0.25, -0.2) is 0 Å². The summed E-state index contributed by atoms with van der Waals surface area (Å²) in [5, 5.41) is 16.1. The molecule has 8 heteroatoms. The van der Waals surface area contributed by atoms with Crippen LogP contribution in [-0.4, -0.2) is 35.9 Å². The van der Waals surface area contributed by atoms with Crippen LogP contribution in [-0.2, 0) is 5.75 Å². The molecule has 0 radical (unpaired) electrons. The van der Waals surface area contributed by atoms with E-state index in [0.29, 0.717) is 19.0 Å². The SMILES string of the molecule is CCOc1cccnc1CSCCN/C(=C/[N+](=O)[O-])NC. The number of hydrogen-bond donors (Lipinski definition) is 2. The van der Waals surface area contributed by atoms with E-state index < -0.39 is 4.92 Å². The lowest BCUT2D eigenvalue weighted by Crippen LogP contribution is -2.26. The van der Waals surface area contributed by atoms with E-state index in [4.69, 9.17) is 4.74 Å². The third-order valence-electron chi connectivity index (χ3n) is 2.45. The number of nitro groups is 1. The van der Waals surface area contributed by atoms with Gasteiger partial charge < -0.3 is 15.4 Å². The Labute approximate surface area is 128 Å². The molecule has 7 nitrogen and oxygen atoms in total. The van der Waals surface area contributed by atoms with Crippen LogP contribution in [0.25, 0.3) is 0 Å². The second kappa shape index (κ2) is 9.87. The second-order valence-electron chi connectivity index (χ2n) is 3.94. The Morgan fingerprint density at radius 2 is 2.43 bits per heavy atom. The van der Waals surface area contributed by atoms with Crippen molar-refractivity contribution in [1.82, 2.24) is 15.6 Å². The van der Waals surface area contributed by atoms with Crippen LogP contribution in [0.4, 0.5) is 0 Å². The molecule has 2 N–H and O–H groups in total. The predicted octanol–water partition coefficient (Wildman–Crippen LogP) is 1.60. The Bertz CT molecular complexity index is 482. The zero-order valence-electron chi connectivity index (χ0n) is 12.2. The molecule has 0 aliphatic carbocycles. The van der Waals surface area contributed by atoms with Crippen molar-refractivity contribution in [3.05, 3.63) is 46.2 Å². The molecule has 0 atom stereocenters. The van der Waals surface area contributed by atoms with Gasteiger partial charge in [-0.3, -0.25) is 15.1 Å². The minimum Gasteiger partial charge on any atom is -0.492 e. The fourth-order valence-electron chi connectivity index (χ4n) is 1.55. The largest absolute Gasteiger partial charge is 0.492 e. The Hall–Kier alpha value is -1.96. The van der Waals surface area contributed by atoms with E-state index in [1.807, 2.05) is 19.1 Å². The summed E-state index contributed by atoms with van der Waals surface area (Å²) in [5.41, 5.74) is 0.916. The van der Waals surface area contributed by atoms with E-state index in [1.54, 1.807) is 25.0 Å². The summed E-state index contributed by atoms with van der Waals surface area (Å²) >= 11 is 1.69. The quantitative estimate of drug-likeness (QED) is 0.385. The van der Waals surface area contributed by atoms with Crippen molar-refractivity contribution in [2.24, 2.45) is 0 Å². The van der Waals surface area contributed by atoms with Crippen molar-refractivity contribution in [2.75, 3.05) is 26.0 Å². The van der Waals surface area contributed by atoms with Gasteiger partial charge in [-0.2, -0.15) is 11.8 Å². The fourth-order valence-corrected chi connectivity index (χ4v) is 2.35. The van der Waals surface area contributed by atoms with Crippen molar-refractivity contribution in [3.8, 4) is 5.75 Å². The molecule has 1 aromatic rings. The topological polar surface area (TPSA) is 89.3 Å². The summed E-state index contributed by atoms with van der Waals surface area (Å²) in [6.45, 7) is 3.18. The van der Waals surface area contributed by atoms with Gasteiger partial charge in [0, 0.05) is 31.3 Å². The first-order valence-corrected chi connectivity index (χ1v) is 7.74. The van der Waals surface area contributed by atoms with Crippen LogP contribution in [0.2, 0.25) is 0 Å². The molecule has 1 aromatic heterocycles. The first-order chi connectivity index (χ1) is 10.2. The smallest absolute Gasteiger partial charge is 0.274 e. The van der Waals surface area contributed by atoms with Crippen molar-refractivity contribution in [3.63, 3.8) is 0 Å².